The van der Waals surface area contributed by atoms with Gasteiger partial charge < -0.3 is 10.4 Å². The van der Waals surface area contributed by atoms with Crippen LogP contribution in [-0.2, 0) is 4.79 Å². The quantitative estimate of drug-likeness (QED) is 0.484. The molecule has 2 N–H and O–H groups in total. The van der Waals surface area contributed by atoms with Crippen LogP contribution in [0.1, 0.15) is 31.9 Å². The first-order valence-corrected chi connectivity index (χ1v) is 7.44. The van der Waals surface area contributed by atoms with Crippen LogP contribution < -0.4 is 5.32 Å². The zero-order valence-corrected chi connectivity index (χ0v) is 13.1. The molecule has 0 saturated carbocycles. The molecule has 0 radical (unpaired) electrons. The van der Waals surface area contributed by atoms with Crippen molar-refractivity contribution in [1.82, 2.24) is 10.2 Å². The van der Waals surface area contributed by atoms with E-state index in [4.69, 9.17) is 5.11 Å². The van der Waals surface area contributed by atoms with Gasteiger partial charge in [0.1, 0.15) is 0 Å². The van der Waals surface area contributed by atoms with E-state index in [1.807, 2.05) is 12.1 Å². The third-order valence-corrected chi connectivity index (χ3v) is 3.58. The van der Waals surface area contributed by atoms with Crippen molar-refractivity contribution < 1.29 is 9.90 Å². The van der Waals surface area contributed by atoms with Gasteiger partial charge in [-0.1, -0.05) is 19.1 Å². The second-order valence-electron chi connectivity index (χ2n) is 4.87. The predicted molar refractivity (Wildman–Crippen MR) is 84.5 cm³/mol. The zero-order valence-electron chi connectivity index (χ0n) is 12.2. The fraction of sp³-hybridized carbons (Fsp3) is 0.533. The van der Waals surface area contributed by atoms with Crippen LogP contribution in [0.3, 0.4) is 0 Å². The van der Waals surface area contributed by atoms with E-state index in [9.17, 15) is 4.79 Å². The Morgan fingerprint density at radius 2 is 2.00 bits per heavy atom. The Morgan fingerprint density at radius 3 is 2.55 bits per heavy atom. The molecular weight excluding hydrogens is 272 g/mol. The lowest BCUT2D eigenvalue weighted by Crippen LogP contribution is -2.36. The van der Waals surface area contributed by atoms with Gasteiger partial charge in [0.25, 0.3) is 0 Å². The van der Waals surface area contributed by atoms with Gasteiger partial charge in [-0.2, -0.15) is 0 Å². The van der Waals surface area contributed by atoms with E-state index in [2.05, 4.69) is 48.8 Å². The molecule has 0 aliphatic rings. The number of benzene rings is 1. The molecule has 0 spiro atoms. The highest BCUT2D eigenvalue weighted by Gasteiger charge is 2.14. The van der Waals surface area contributed by atoms with Crippen molar-refractivity contribution >= 4 is 18.6 Å². The van der Waals surface area contributed by atoms with E-state index in [1.54, 1.807) is 0 Å². The first-order valence-electron chi connectivity index (χ1n) is 7.00. The van der Waals surface area contributed by atoms with Gasteiger partial charge in [0.15, 0.2) is 0 Å². The molecule has 1 unspecified atom stereocenters. The van der Waals surface area contributed by atoms with Gasteiger partial charge in [0.2, 0.25) is 0 Å². The Morgan fingerprint density at radius 1 is 1.35 bits per heavy atom. The lowest BCUT2D eigenvalue weighted by molar-refractivity contribution is -0.135. The van der Waals surface area contributed by atoms with Gasteiger partial charge in [-0.25, -0.2) is 0 Å². The number of carboxylic acid groups (broad SMARTS) is 1. The van der Waals surface area contributed by atoms with Gasteiger partial charge in [0.05, 0.1) is 6.54 Å². The maximum Gasteiger partial charge on any atom is 0.317 e. The van der Waals surface area contributed by atoms with Crippen molar-refractivity contribution in [3.63, 3.8) is 0 Å². The zero-order chi connectivity index (χ0) is 15.0. The number of nitrogens with one attached hydrogen (secondary N) is 1. The minimum absolute atomic E-state index is 0.0166. The minimum atomic E-state index is -0.815. The van der Waals surface area contributed by atoms with Crippen LogP contribution in [-0.4, -0.2) is 42.2 Å². The lowest BCUT2D eigenvalue weighted by Gasteiger charge is -2.29. The van der Waals surface area contributed by atoms with Crippen molar-refractivity contribution in [2.24, 2.45) is 0 Å². The molecule has 5 heteroatoms. The lowest BCUT2D eigenvalue weighted by atomic mass is 10.1. The van der Waals surface area contributed by atoms with Crippen molar-refractivity contribution in [3.8, 4) is 0 Å². The number of aliphatic carboxylic acids is 1. The summed E-state index contributed by atoms with van der Waals surface area (Å²) < 4.78 is 0. The summed E-state index contributed by atoms with van der Waals surface area (Å²) in [5, 5.41) is 11.5. The normalized spacial score (nSPS) is 12.6. The van der Waals surface area contributed by atoms with E-state index >= 15 is 0 Å². The molecule has 1 atom stereocenters. The van der Waals surface area contributed by atoms with Gasteiger partial charge in [-0.3, -0.25) is 9.69 Å². The Bertz CT molecular complexity index is 409. The molecular formula is C15H24N2O2S. The van der Waals surface area contributed by atoms with Crippen LogP contribution >= 0.6 is 12.6 Å². The molecule has 0 heterocycles. The van der Waals surface area contributed by atoms with Crippen molar-refractivity contribution in [1.29, 1.82) is 0 Å². The molecule has 0 saturated heterocycles. The summed E-state index contributed by atoms with van der Waals surface area (Å²) >= 11 is 4.30. The molecule has 1 aromatic carbocycles. The molecule has 0 aromatic heterocycles. The molecule has 0 fully saturated rings. The highest BCUT2D eigenvalue weighted by molar-refractivity contribution is 7.80. The summed E-state index contributed by atoms with van der Waals surface area (Å²) in [7, 11) is 0. The van der Waals surface area contributed by atoms with E-state index in [0.29, 0.717) is 12.6 Å². The maximum atomic E-state index is 10.5. The first kappa shape index (κ1) is 17.0. The van der Waals surface area contributed by atoms with E-state index in [-0.39, 0.29) is 6.54 Å². The number of carbonyl (C=O) groups is 1. The predicted octanol–water partition coefficient (Wildman–Crippen LogP) is 2.42. The SMILES string of the molecule is CCCN(CCNCC(=O)O)C(C)c1ccc(S)cc1. The summed E-state index contributed by atoms with van der Waals surface area (Å²) in [5.74, 6) is -0.815. The number of nitrogens with zero attached hydrogens (tertiary/aromatic N) is 1. The summed E-state index contributed by atoms with van der Waals surface area (Å²) in [4.78, 5) is 13.8. The van der Waals surface area contributed by atoms with Gasteiger partial charge >= 0.3 is 5.97 Å². The van der Waals surface area contributed by atoms with Crippen LogP contribution in [0, 0.1) is 0 Å². The standard InChI is InChI=1S/C15H24N2O2S/c1-3-9-17(10-8-16-11-15(18)19)12(2)13-4-6-14(20)7-5-13/h4-7,12,16,20H,3,8-11H2,1-2H3,(H,18,19). The van der Waals surface area contributed by atoms with E-state index < -0.39 is 5.97 Å². The smallest absolute Gasteiger partial charge is 0.317 e. The molecule has 0 bridgehead atoms. The van der Waals surface area contributed by atoms with Gasteiger partial charge in [-0.15, -0.1) is 12.6 Å². The molecule has 20 heavy (non-hydrogen) atoms. The number of thiol groups is 1. The Kier molecular flexibility index (Phi) is 7.65. The fourth-order valence-electron chi connectivity index (χ4n) is 2.17. The third-order valence-electron chi connectivity index (χ3n) is 3.29. The first-order chi connectivity index (χ1) is 9.54. The summed E-state index contributed by atoms with van der Waals surface area (Å²) in [6.07, 6.45) is 1.08. The molecule has 0 aliphatic carbocycles. The van der Waals surface area contributed by atoms with E-state index in [1.165, 1.54) is 5.56 Å². The largest absolute Gasteiger partial charge is 0.480 e. The molecule has 4 nitrogen and oxygen atoms in total. The van der Waals surface area contributed by atoms with Crippen LogP contribution in [0.4, 0.5) is 0 Å². The molecule has 112 valence electrons. The second-order valence-corrected chi connectivity index (χ2v) is 5.39. The van der Waals surface area contributed by atoms with Crippen molar-refractivity contribution in [3.05, 3.63) is 29.8 Å². The van der Waals surface area contributed by atoms with Crippen LogP contribution in [0.25, 0.3) is 0 Å². The van der Waals surface area contributed by atoms with Crippen LogP contribution in [0.15, 0.2) is 29.2 Å². The molecule has 1 aromatic rings. The highest BCUT2D eigenvalue weighted by atomic mass is 32.1. The average Bonchev–Trinajstić information content (AvgIpc) is 2.42. The Hall–Kier alpha value is -1.04. The van der Waals surface area contributed by atoms with Crippen LogP contribution in [0.5, 0.6) is 0 Å². The van der Waals surface area contributed by atoms with Gasteiger partial charge in [-0.05, 0) is 37.6 Å². The number of carboxylic acids is 1. The van der Waals surface area contributed by atoms with Gasteiger partial charge in [0, 0.05) is 24.0 Å². The summed E-state index contributed by atoms with van der Waals surface area (Å²) in [5.41, 5.74) is 1.26. The average molecular weight is 296 g/mol. The molecule has 0 aliphatic heterocycles. The monoisotopic (exact) mass is 296 g/mol. The topological polar surface area (TPSA) is 52.6 Å². The summed E-state index contributed by atoms with van der Waals surface area (Å²) in [6.45, 7) is 6.87. The molecule has 0 amide bonds. The highest BCUT2D eigenvalue weighted by Crippen LogP contribution is 2.21. The van der Waals surface area contributed by atoms with Crippen molar-refractivity contribution in [2.75, 3.05) is 26.2 Å². The minimum Gasteiger partial charge on any atom is -0.480 e. The van der Waals surface area contributed by atoms with Crippen molar-refractivity contribution in [2.45, 2.75) is 31.2 Å². The Labute approximate surface area is 126 Å². The Balaban J connectivity index is 2.55. The second kappa shape index (κ2) is 9.00. The van der Waals surface area contributed by atoms with E-state index in [0.717, 1.165) is 24.4 Å². The summed E-state index contributed by atoms with van der Waals surface area (Å²) in [6, 6.07) is 8.51. The number of rotatable bonds is 9. The number of hydrogen-bond acceptors (Lipinski definition) is 4. The fourth-order valence-corrected chi connectivity index (χ4v) is 2.32. The van der Waals surface area contributed by atoms with Crippen LogP contribution in [0.2, 0.25) is 0 Å². The molecule has 1 rings (SSSR count). The third kappa shape index (κ3) is 5.94. The maximum absolute atomic E-state index is 10.5. The number of hydrogen-bond donors (Lipinski definition) is 3.